The highest BCUT2D eigenvalue weighted by Crippen LogP contribution is 2.31. The molecule has 156 valence electrons. The number of carboxylic acid groups (broad SMARTS) is 1. The third-order valence-corrected chi connectivity index (χ3v) is 5.34. The molecule has 1 heterocycles. The SMILES string of the molecule is COc1cc(C)c(C=NN=C2NC(=O)C(CC(=O)O)S2)cc1OCc1ccccc1. The number of hydrogen-bond donors (Lipinski definition) is 2. The van der Waals surface area contributed by atoms with E-state index in [2.05, 4.69) is 15.5 Å². The Morgan fingerprint density at radius 2 is 2.03 bits per heavy atom. The molecule has 8 nitrogen and oxygen atoms in total. The Balaban J connectivity index is 1.72. The summed E-state index contributed by atoms with van der Waals surface area (Å²) in [5.74, 6) is -0.231. The van der Waals surface area contributed by atoms with Gasteiger partial charge in [0.05, 0.1) is 19.7 Å². The van der Waals surface area contributed by atoms with Crippen LogP contribution in [0.15, 0.2) is 52.7 Å². The van der Waals surface area contributed by atoms with Crippen molar-refractivity contribution in [2.45, 2.75) is 25.2 Å². The van der Waals surface area contributed by atoms with E-state index in [1.165, 1.54) is 0 Å². The number of amides is 1. The number of nitrogens with one attached hydrogen (secondary N) is 1. The molecule has 0 aromatic heterocycles. The van der Waals surface area contributed by atoms with Crippen LogP contribution in [0, 0.1) is 6.92 Å². The quantitative estimate of drug-likeness (QED) is 0.495. The Labute approximate surface area is 178 Å². The Morgan fingerprint density at radius 3 is 2.73 bits per heavy atom. The van der Waals surface area contributed by atoms with Crippen molar-refractivity contribution >= 4 is 35.0 Å². The number of ether oxygens (including phenoxy) is 2. The molecule has 30 heavy (non-hydrogen) atoms. The van der Waals surface area contributed by atoms with Crippen molar-refractivity contribution in [1.82, 2.24) is 5.32 Å². The first kappa shape index (κ1) is 21.4. The fraction of sp³-hybridized carbons (Fsp3) is 0.238. The number of nitrogens with zero attached hydrogens (tertiary/aromatic N) is 2. The number of aryl methyl sites for hydroxylation is 1. The number of carbonyl (C=O) groups excluding carboxylic acids is 1. The van der Waals surface area contributed by atoms with Crippen LogP contribution in [0.3, 0.4) is 0 Å². The van der Waals surface area contributed by atoms with Crippen molar-refractivity contribution in [3.63, 3.8) is 0 Å². The van der Waals surface area contributed by atoms with Crippen LogP contribution in [-0.2, 0) is 16.2 Å². The zero-order valence-corrected chi connectivity index (χ0v) is 17.3. The van der Waals surface area contributed by atoms with Gasteiger partial charge in [-0.05, 0) is 30.2 Å². The molecule has 2 N–H and O–H groups in total. The van der Waals surface area contributed by atoms with E-state index in [0.29, 0.717) is 18.1 Å². The van der Waals surface area contributed by atoms with Crippen LogP contribution >= 0.6 is 11.8 Å². The van der Waals surface area contributed by atoms with E-state index in [1.807, 2.05) is 49.4 Å². The number of thioether (sulfide) groups is 1. The van der Waals surface area contributed by atoms with E-state index in [0.717, 1.165) is 28.5 Å². The lowest BCUT2D eigenvalue weighted by molar-refractivity contribution is -0.138. The highest BCUT2D eigenvalue weighted by atomic mass is 32.2. The normalized spacial score (nSPS) is 17.3. The van der Waals surface area contributed by atoms with Gasteiger partial charge in [0.25, 0.3) is 0 Å². The minimum absolute atomic E-state index is 0.265. The molecule has 0 saturated carbocycles. The number of rotatable bonds is 8. The molecule has 3 rings (SSSR count). The molecule has 1 atom stereocenters. The average Bonchev–Trinajstić information content (AvgIpc) is 3.07. The molecule has 9 heteroatoms. The molecule has 0 bridgehead atoms. The maximum Gasteiger partial charge on any atom is 0.305 e. The number of amidine groups is 1. The maximum atomic E-state index is 11.8. The summed E-state index contributed by atoms with van der Waals surface area (Å²) in [6.45, 7) is 2.31. The van der Waals surface area contributed by atoms with Crippen molar-refractivity contribution in [1.29, 1.82) is 0 Å². The van der Waals surface area contributed by atoms with Crippen LogP contribution in [0.1, 0.15) is 23.1 Å². The zero-order valence-electron chi connectivity index (χ0n) is 16.5. The number of methoxy groups -OCH3 is 1. The Hall–Kier alpha value is -3.33. The topological polar surface area (TPSA) is 110 Å². The van der Waals surface area contributed by atoms with E-state index in [1.54, 1.807) is 13.3 Å². The Kier molecular flexibility index (Phi) is 7.08. The molecule has 2 aromatic carbocycles. The first-order valence-electron chi connectivity index (χ1n) is 9.12. The van der Waals surface area contributed by atoms with Gasteiger partial charge in [-0.1, -0.05) is 42.1 Å². The van der Waals surface area contributed by atoms with Gasteiger partial charge in [-0.25, -0.2) is 0 Å². The van der Waals surface area contributed by atoms with Crippen molar-refractivity contribution in [3.05, 3.63) is 59.2 Å². The number of carboxylic acids is 1. The Morgan fingerprint density at radius 1 is 1.27 bits per heavy atom. The Bertz CT molecular complexity index is 992. The van der Waals surface area contributed by atoms with Gasteiger partial charge in [0.2, 0.25) is 5.91 Å². The fourth-order valence-corrected chi connectivity index (χ4v) is 3.63. The molecule has 0 aliphatic carbocycles. The van der Waals surface area contributed by atoms with Crippen LogP contribution in [0.2, 0.25) is 0 Å². The van der Waals surface area contributed by atoms with E-state index < -0.39 is 11.2 Å². The molecule has 1 fully saturated rings. The standard InChI is InChI=1S/C21H21N3O5S/c1-13-8-16(28-2)17(29-12-14-6-4-3-5-7-14)9-15(13)11-22-24-21-23-20(27)18(30-21)10-19(25)26/h3-9,11,18H,10,12H2,1-2H3,(H,25,26)(H,23,24,27). The van der Waals surface area contributed by atoms with Gasteiger partial charge >= 0.3 is 5.97 Å². The van der Waals surface area contributed by atoms with Crippen molar-refractivity contribution in [2.24, 2.45) is 10.2 Å². The molecule has 2 aromatic rings. The monoisotopic (exact) mass is 427 g/mol. The lowest BCUT2D eigenvalue weighted by Crippen LogP contribution is -2.26. The number of benzene rings is 2. The van der Waals surface area contributed by atoms with E-state index in [9.17, 15) is 9.59 Å². The largest absolute Gasteiger partial charge is 0.493 e. The van der Waals surface area contributed by atoms with Crippen molar-refractivity contribution in [3.8, 4) is 11.5 Å². The molecular formula is C21H21N3O5S. The molecule has 0 radical (unpaired) electrons. The number of aliphatic carboxylic acids is 1. The predicted molar refractivity (Wildman–Crippen MR) is 115 cm³/mol. The van der Waals surface area contributed by atoms with Gasteiger partial charge in [-0.15, -0.1) is 5.10 Å². The minimum Gasteiger partial charge on any atom is -0.493 e. The third kappa shape index (κ3) is 5.60. The van der Waals surface area contributed by atoms with Gasteiger partial charge in [-0.3, -0.25) is 9.59 Å². The summed E-state index contributed by atoms with van der Waals surface area (Å²) in [5, 5.41) is 19.0. The average molecular weight is 427 g/mol. The van der Waals surface area contributed by atoms with Crippen LogP contribution < -0.4 is 14.8 Å². The van der Waals surface area contributed by atoms with Gasteiger partial charge < -0.3 is 19.9 Å². The zero-order chi connectivity index (χ0) is 21.5. The molecule has 1 aliphatic rings. The maximum absolute atomic E-state index is 11.8. The number of carbonyl (C=O) groups is 2. The van der Waals surface area contributed by atoms with Crippen LogP contribution in [0.25, 0.3) is 0 Å². The summed E-state index contributed by atoms with van der Waals surface area (Å²) in [6, 6.07) is 13.5. The highest BCUT2D eigenvalue weighted by molar-refractivity contribution is 8.15. The second kappa shape index (κ2) is 9.93. The molecular weight excluding hydrogens is 406 g/mol. The predicted octanol–water partition coefficient (Wildman–Crippen LogP) is 2.98. The molecule has 1 unspecified atom stereocenters. The van der Waals surface area contributed by atoms with Gasteiger partial charge in [0, 0.05) is 5.56 Å². The second-order valence-corrected chi connectivity index (χ2v) is 7.67. The van der Waals surface area contributed by atoms with Crippen LogP contribution in [0.5, 0.6) is 11.5 Å². The van der Waals surface area contributed by atoms with Crippen LogP contribution in [-0.4, -0.2) is 40.7 Å². The minimum atomic E-state index is -1.04. The van der Waals surface area contributed by atoms with Crippen molar-refractivity contribution < 1.29 is 24.2 Å². The smallest absolute Gasteiger partial charge is 0.305 e. The lowest BCUT2D eigenvalue weighted by Gasteiger charge is -2.13. The van der Waals surface area contributed by atoms with E-state index in [-0.39, 0.29) is 17.5 Å². The molecule has 1 saturated heterocycles. The van der Waals surface area contributed by atoms with Crippen LogP contribution in [0.4, 0.5) is 0 Å². The van der Waals surface area contributed by atoms with Gasteiger partial charge in [0.1, 0.15) is 11.9 Å². The summed E-state index contributed by atoms with van der Waals surface area (Å²) < 4.78 is 11.3. The first-order chi connectivity index (χ1) is 14.5. The summed E-state index contributed by atoms with van der Waals surface area (Å²) >= 11 is 1.05. The summed E-state index contributed by atoms with van der Waals surface area (Å²) in [7, 11) is 1.58. The summed E-state index contributed by atoms with van der Waals surface area (Å²) in [5.41, 5.74) is 2.72. The second-order valence-electron chi connectivity index (χ2n) is 6.48. The number of hydrogen-bond acceptors (Lipinski definition) is 7. The molecule has 1 amide bonds. The lowest BCUT2D eigenvalue weighted by atomic mass is 10.1. The van der Waals surface area contributed by atoms with Gasteiger partial charge in [-0.2, -0.15) is 5.10 Å². The third-order valence-electron chi connectivity index (χ3n) is 4.27. The molecule has 0 spiro atoms. The summed E-state index contributed by atoms with van der Waals surface area (Å²) in [4.78, 5) is 22.5. The van der Waals surface area contributed by atoms with Gasteiger partial charge in [0.15, 0.2) is 16.7 Å². The van der Waals surface area contributed by atoms with E-state index in [4.69, 9.17) is 14.6 Å². The fourth-order valence-electron chi connectivity index (χ4n) is 2.71. The van der Waals surface area contributed by atoms with E-state index >= 15 is 0 Å². The summed E-state index contributed by atoms with van der Waals surface area (Å²) in [6.07, 6.45) is 1.29. The molecule has 1 aliphatic heterocycles. The highest BCUT2D eigenvalue weighted by Gasteiger charge is 2.32. The van der Waals surface area contributed by atoms with Crippen molar-refractivity contribution in [2.75, 3.05) is 7.11 Å². The first-order valence-corrected chi connectivity index (χ1v) is 10.00.